The molecule has 140 valence electrons. The molecule has 0 unspecified atom stereocenters. The van der Waals surface area contributed by atoms with Crippen LogP contribution in [0.5, 0.6) is 0 Å². The molecule has 6 nitrogen and oxygen atoms in total. The smallest absolute Gasteiger partial charge is 0.312 e. The summed E-state index contributed by atoms with van der Waals surface area (Å²) in [4.78, 5) is 39.9. The summed E-state index contributed by atoms with van der Waals surface area (Å²) in [6.45, 7) is 5.31. The highest BCUT2D eigenvalue weighted by Crippen LogP contribution is 2.18. The predicted octanol–water partition coefficient (Wildman–Crippen LogP) is 1.94. The van der Waals surface area contributed by atoms with Crippen molar-refractivity contribution < 1.29 is 14.4 Å². The SMILES string of the molecule is CC(C)N1CCN(Cc2ccc(C(=O)NC3CCCC3)cc2)C(=O)C1=O. The van der Waals surface area contributed by atoms with E-state index in [0.717, 1.165) is 18.4 Å². The Morgan fingerprint density at radius 2 is 1.73 bits per heavy atom. The predicted molar refractivity (Wildman–Crippen MR) is 98.4 cm³/mol. The zero-order valence-electron chi connectivity index (χ0n) is 15.5. The molecule has 6 heteroatoms. The number of nitrogens with one attached hydrogen (secondary N) is 1. The Kier molecular flexibility index (Phi) is 5.59. The van der Waals surface area contributed by atoms with Crippen LogP contribution in [0.4, 0.5) is 0 Å². The van der Waals surface area contributed by atoms with E-state index in [9.17, 15) is 14.4 Å². The average molecular weight is 357 g/mol. The van der Waals surface area contributed by atoms with Gasteiger partial charge in [0.2, 0.25) is 0 Å². The molecule has 2 aliphatic rings. The van der Waals surface area contributed by atoms with Crippen molar-refractivity contribution in [3.63, 3.8) is 0 Å². The van der Waals surface area contributed by atoms with E-state index < -0.39 is 11.8 Å². The Bertz CT molecular complexity index is 678. The van der Waals surface area contributed by atoms with Crippen molar-refractivity contribution >= 4 is 17.7 Å². The molecule has 1 saturated carbocycles. The number of rotatable bonds is 5. The number of piperazine rings is 1. The lowest BCUT2D eigenvalue weighted by atomic mass is 10.1. The third-order valence-electron chi connectivity index (χ3n) is 5.25. The minimum absolute atomic E-state index is 0.0336. The van der Waals surface area contributed by atoms with Crippen molar-refractivity contribution in [2.75, 3.05) is 13.1 Å². The van der Waals surface area contributed by atoms with Gasteiger partial charge in [0.1, 0.15) is 0 Å². The lowest BCUT2D eigenvalue weighted by molar-refractivity contribution is -0.157. The van der Waals surface area contributed by atoms with Crippen molar-refractivity contribution in [1.82, 2.24) is 15.1 Å². The van der Waals surface area contributed by atoms with E-state index in [-0.39, 0.29) is 11.9 Å². The molecule has 2 fully saturated rings. The molecule has 1 N–H and O–H groups in total. The van der Waals surface area contributed by atoms with Crippen LogP contribution in [-0.4, -0.2) is 52.7 Å². The van der Waals surface area contributed by atoms with Gasteiger partial charge in [-0.3, -0.25) is 14.4 Å². The molecule has 26 heavy (non-hydrogen) atoms. The molecule has 1 saturated heterocycles. The monoisotopic (exact) mass is 357 g/mol. The van der Waals surface area contributed by atoms with Crippen LogP contribution in [0.3, 0.4) is 0 Å². The minimum Gasteiger partial charge on any atom is -0.349 e. The molecule has 1 aliphatic heterocycles. The Morgan fingerprint density at radius 1 is 1.08 bits per heavy atom. The van der Waals surface area contributed by atoms with Gasteiger partial charge in [0.25, 0.3) is 5.91 Å². The number of carbonyl (C=O) groups is 3. The molecule has 1 aromatic rings. The third kappa shape index (κ3) is 4.06. The van der Waals surface area contributed by atoms with Crippen LogP contribution in [0.1, 0.15) is 55.5 Å². The first-order valence-electron chi connectivity index (χ1n) is 9.45. The first-order chi connectivity index (χ1) is 12.5. The maximum atomic E-state index is 12.3. The summed E-state index contributed by atoms with van der Waals surface area (Å²) in [5.41, 5.74) is 1.55. The van der Waals surface area contributed by atoms with E-state index in [4.69, 9.17) is 0 Å². The lowest BCUT2D eigenvalue weighted by Gasteiger charge is -2.36. The van der Waals surface area contributed by atoms with Gasteiger partial charge in [-0.05, 0) is 44.4 Å². The van der Waals surface area contributed by atoms with Gasteiger partial charge in [-0.15, -0.1) is 0 Å². The average Bonchev–Trinajstić information content (AvgIpc) is 3.12. The minimum atomic E-state index is -0.451. The molecule has 1 aromatic carbocycles. The van der Waals surface area contributed by atoms with Crippen LogP contribution < -0.4 is 5.32 Å². The van der Waals surface area contributed by atoms with Crippen LogP contribution >= 0.6 is 0 Å². The standard InChI is InChI=1S/C20H27N3O3/c1-14(2)23-12-11-22(19(25)20(23)26)13-15-7-9-16(10-8-15)18(24)21-17-5-3-4-6-17/h7-10,14,17H,3-6,11-13H2,1-2H3,(H,21,24). The molecule has 1 aliphatic carbocycles. The summed E-state index contributed by atoms with van der Waals surface area (Å²) in [7, 11) is 0. The van der Waals surface area contributed by atoms with Crippen LogP contribution in [0.2, 0.25) is 0 Å². The zero-order valence-corrected chi connectivity index (χ0v) is 15.5. The molecule has 3 rings (SSSR count). The summed E-state index contributed by atoms with van der Waals surface area (Å²) in [6, 6.07) is 7.62. The number of hydrogen-bond acceptors (Lipinski definition) is 3. The van der Waals surface area contributed by atoms with E-state index in [1.807, 2.05) is 26.0 Å². The van der Waals surface area contributed by atoms with Gasteiger partial charge in [0, 0.05) is 37.3 Å². The third-order valence-corrected chi connectivity index (χ3v) is 5.25. The Balaban J connectivity index is 1.58. The summed E-state index contributed by atoms with van der Waals surface area (Å²) >= 11 is 0. The van der Waals surface area contributed by atoms with Crippen LogP contribution in [0.25, 0.3) is 0 Å². The van der Waals surface area contributed by atoms with Crippen LogP contribution in [0, 0.1) is 0 Å². The molecule has 0 aromatic heterocycles. The van der Waals surface area contributed by atoms with Crippen molar-refractivity contribution in [1.29, 1.82) is 0 Å². The fourth-order valence-corrected chi connectivity index (χ4v) is 3.65. The largest absolute Gasteiger partial charge is 0.349 e. The number of carbonyl (C=O) groups excluding carboxylic acids is 3. The first-order valence-corrected chi connectivity index (χ1v) is 9.45. The second kappa shape index (κ2) is 7.89. The van der Waals surface area contributed by atoms with Gasteiger partial charge in [0.05, 0.1) is 0 Å². The quantitative estimate of drug-likeness (QED) is 0.819. The van der Waals surface area contributed by atoms with E-state index in [1.165, 1.54) is 12.8 Å². The summed E-state index contributed by atoms with van der Waals surface area (Å²) in [6.07, 6.45) is 4.48. The topological polar surface area (TPSA) is 69.7 Å². The number of amides is 3. The van der Waals surface area contributed by atoms with Gasteiger partial charge in [0.15, 0.2) is 0 Å². The van der Waals surface area contributed by atoms with Gasteiger partial charge >= 0.3 is 11.8 Å². The normalized spacial score (nSPS) is 18.7. The van der Waals surface area contributed by atoms with Gasteiger partial charge in [-0.25, -0.2) is 0 Å². The number of benzene rings is 1. The van der Waals surface area contributed by atoms with Crippen molar-refractivity contribution in [3.8, 4) is 0 Å². The van der Waals surface area contributed by atoms with Gasteiger partial charge in [-0.2, -0.15) is 0 Å². The van der Waals surface area contributed by atoms with Crippen molar-refractivity contribution in [3.05, 3.63) is 35.4 Å². The zero-order chi connectivity index (χ0) is 18.7. The molecule has 0 spiro atoms. The molecule has 0 bridgehead atoms. The van der Waals surface area contributed by atoms with Crippen molar-refractivity contribution in [2.45, 2.75) is 58.2 Å². The highest BCUT2D eigenvalue weighted by molar-refractivity contribution is 6.35. The maximum absolute atomic E-state index is 12.3. The van der Waals surface area contributed by atoms with Crippen molar-refractivity contribution in [2.24, 2.45) is 0 Å². The highest BCUT2D eigenvalue weighted by Gasteiger charge is 2.33. The van der Waals surface area contributed by atoms with E-state index >= 15 is 0 Å². The second-order valence-corrected chi connectivity index (χ2v) is 7.47. The van der Waals surface area contributed by atoms with E-state index in [0.29, 0.717) is 31.2 Å². The van der Waals surface area contributed by atoms with Crippen LogP contribution in [-0.2, 0) is 16.1 Å². The second-order valence-electron chi connectivity index (χ2n) is 7.47. The van der Waals surface area contributed by atoms with Crippen LogP contribution in [0.15, 0.2) is 24.3 Å². The van der Waals surface area contributed by atoms with E-state index in [2.05, 4.69) is 5.32 Å². The Labute approximate surface area is 154 Å². The maximum Gasteiger partial charge on any atom is 0.312 e. The molecular weight excluding hydrogens is 330 g/mol. The molecule has 3 amide bonds. The number of nitrogens with zero attached hydrogens (tertiary/aromatic N) is 2. The highest BCUT2D eigenvalue weighted by atomic mass is 16.2. The summed E-state index contributed by atoms with van der Waals surface area (Å²) in [5, 5.41) is 3.07. The summed E-state index contributed by atoms with van der Waals surface area (Å²) < 4.78 is 0. The van der Waals surface area contributed by atoms with Gasteiger partial charge < -0.3 is 15.1 Å². The van der Waals surface area contributed by atoms with Gasteiger partial charge in [-0.1, -0.05) is 25.0 Å². The fourth-order valence-electron chi connectivity index (χ4n) is 3.65. The number of hydrogen-bond donors (Lipinski definition) is 1. The molecule has 0 atom stereocenters. The summed E-state index contributed by atoms with van der Waals surface area (Å²) in [5.74, 6) is -0.924. The first kappa shape index (κ1) is 18.4. The fraction of sp³-hybridized carbons (Fsp3) is 0.550. The molecule has 1 heterocycles. The lowest BCUT2D eigenvalue weighted by Crippen LogP contribution is -2.55. The molecular formula is C20H27N3O3. The van der Waals surface area contributed by atoms with E-state index in [1.54, 1.807) is 21.9 Å². The molecule has 0 radical (unpaired) electrons. The Morgan fingerprint density at radius 3 is 2.35 bits per heavy atom. The Hall–Kier alpha value is -2.37.